The fourth-order valence-electron chi connectivity index (χ4n) is 4.43. The summed E-state index contributed by atoms with van der Waals surface area (Å²) in [6.07, 6.45) is 2.65. The van der Waals surface area contributed by atoms with Crippen LogP contribution in [0.1, 0.15) is 30.0 Å². The molecule has 138 valence electrons. The van der Waals surface area contributed by atoms with Crippen molar-refractivity contribution < 1.29 is 0 Å². The molecular weight excluding hydrogens is 318 g/mol. The highest BCUT2D eigenvalue weighted by Crippen LogP contribution is 2.31. The Morgan fingerprint density at radius 3 is 2.08 bits per heavy atom. The van der Waals surface area contributed by atoms with Crippen LogP contribution in [0.5, 0.6) is 0 Å². The first-order chi connectivity index (χ1) is 12.9. The number of hydrogen-bond acceptors (Lipinski definition) is 3. The minimum absolute atomic E-state index is 0.635. The van der Waals surface area contributed by atoms with E-state index in [1.165, 1.54) is 69.8 Å². The second-order valence-electron chi connectivity index (χ2n) is 7.71. The molecular formula is C23H31N3. The summed E-state index contributed by atoms with van der Waals surface area (Å²) < 4.78 is 0. The van der Waals surface area contributed by atoms with Gasteiger partial charge in [-0.05, 0) is 30.5 Å². The molecule has 26 heavy (non-hydrogen) atoms. The van der Waals surface area contributed by atoms with Crippen LogP contribution in [0, 0.1) is 0 Å². The van der Waals surface area contributed by atoms with Crippen molar-refractivity contribution >= 4 is 0 Å². The summed E-state index contributed by atoms with van der Waals surface area (Å²) in [7, 11) is 0. The molecule has 4 rings (SSSR count). The lowest BCUT2D eigenvalue weighted by Gasteiger charge is -2.36. The second kappa shape index (κ2) is 8.81. The zero-order chi connectivity index (χ0) is 17.6. The average molecular weight is 350 g/mol. The molecule has 0 radical (unpaired) electrons. The fourth-order valence-corrected chi connectivity index (χ4v) is 4.43. The molecule has 0 spiro atoms. The van der Waals surface area contributed by atoms with Crippen molar-refractivity contribution in [2.45, 2.75) is 25.4 Å². The molecule has 0 saturated carbocycles. The van der Waals surface area contributed by atoms with Crippen molar-refractivity contribution in [3.05, 3.63) is 71.8 Å². The van der Waals surface area contributed by atoms with E-state index in [1.807, 2.05) is 0 Å². The molecule has 2 saturated heterocycles. The summed E-state index contributed by atoms with van der Waals surface area (Å²) in [6, 6.07) is 22.6. The molecule has 0 N–H and O–H groups in total. The summed E-state index contributed by atoms with van der Waals surface area (Å²) in [4.78, 5) is 7.95. The maximum Gasteiger partial charge on any atom is 0.0349 e. The summed E-state index contributed by atoms with van der Waals surface area (Å²) in [6.45, 7) is 9.56. The van der Waals surface area contributed by atoms with Crippen LogP contribution in [0.25, 0.3) is 0 Å². The van der Waals surface area contributed by atoms with Crippen molar-refractivity contribution in [3.63, 3.8) is 0 Å². The van der Waals surface area contributed by atoms with Crippen LogP contribution in [-0.2, 0) is 6.54 Å². The smallest absolute Gasteiger partial charge is 0.0349 e. The van der Waals surface area contributed by atoms with Gasteiger partial charge in [-0.1, -0.05) is 60.7 Å². The zero-order valence-corrected chi connectivity index (χ0v) is 15.8. The molecule has 2 heterocycles. The maximum atomic E-state index is 2.70. The largest absolute Gasteiger partial charge is 0.300 e. The zero-order valence-electron chi connectivity index (χ0n) is 15.8. The van der Waals surface area contributed by atoms with Crippen molar-refractivity contribution in [1.29, 1.82) is 0 Å². The molecule has 0 bridgehead atoms. The van der Waals surface area contributed by atoms with Gasteiger partial charge in [-0.3, -0.25) is 14.7 Å². The third-order valence-corrected chi connectivity index (χ3v) is 5.97. The molecule has 1 atom stereocenters. The molecule has 2 aliphatic rings. The molecule has 3 nitrogen and oxygen atoms in total. The van der Waals surface area contributed by atoms with E-state index in [-0.39, 0.29) is 0 Å². The van der Waals surface area contributed by atoms with E-state index >= 15 is 0 Å². The summed E-state index contributed by atoms with van der Waals surface area (Å²) >= 11 is 0. The van der Waals surface area contributed by atoms with Gasteiger partial charge in [0.2, 0.25) is 0 Å². The molecule has 2 aliphatic heterocycles. The first-order valence-corrected chi connectivity index (χ1v) is 10.2. The predicted molar refractivity (Wildman–Crippen MR) is 108 cm³/mol. The van der Waals surface area contributed by atoms with E-state index in [1.54, 1.807) is 0 Å². The van der Waals surface area contributed by atoms with Crippen molar-refractivity contribution in [2.75, 3.05) is 45.8 Å². The fraction of sp³-hybridized carbons (Fsp3) is 0.478. The van der Waals surface area contributed by atoms with Crippen molar-refractivity contribution in [1.82, 2.24) is 14.7 Å². The Labute approximate surface area is 158 Å². The lowest BCUT2D eigenvalue weighted by molar-refractivity contribution is 0.112. The Morgan fingerprint density at radius 2 is 1.35 bits per heavy atom. The van der Waals surface area contributed by atoms with Gasteiger partial charge in [0.05, 0.1) is 0 Å². The molecule has 2 fully saturated rings. The summed E-state index contributed by atoms with van der Waals surface area (Å²) in [5.41, 5.74) is 2.93. The number of hydrogen-bond donors (Lipinski definition) is 0. The van der Waals surface area contributed by atoms with Gasteiger partial charge in [-0.25, -0.2) is 0 Å². The number of nitrogens with zero attached hydrogens (tertiary/aromatic N) is 3. The Bertz CT molecular complexity index is 650. The predicted octanol–water partition coefficient (Wildman–Crippen LogP) is 3.64. The monoisotopic (exact) mass is 349 g/mol. The van der Waals surface area contributed by atoms with Gasteiger partial charge in [-0.15, -0.1) is 0 Å². The van der Waals surface area contributed by atoms with E-state index in [0.717, 1.165) is 6.54 Å². The molecule has 1 unspecified atom stereocenters. The molecule has 0 aromatic heterocycles. The normalized spacial score (nSPS) is 22.7. The van der Waals surface area contributed by atoms with Gasteiger partial charge in [0.1, 0.15) is 0 Å². The number of piperazine rings is 1. The Balaban J connectivity index is 1.22. The number of rotatable bonds is 6. The minimum atomic E-state index is 0.635. The Morgan fingerprint density at radius 1 is 0.692 bits per heavy atom. The third kappa shape index (κ3) is 4.53. The highest BCUT2D eigenvalue weighted by Gasteiger charge is 2.26. The van der Waals surface area contributed by atoms with Gasteiger partial charge < -0.3 is 0 Å². The second-order valence-corrected chi connectivity index (χ2v) is 7.71. The van der Waals surface area contributed by atoms with Gasteiger partial charge in [0.25, 0.3) is 0 Å². The van der Waals surface area contributed by atoms with Crippen LogP contribution in [0.4, 0.5) is 0 Å². The molecule has 0 amide bonds. The van der Waals surface area contributed by atoms with E-state index in [9.17, 15) is 0 Å². The first kappa shape index (κ1) is 17.7. The summed E-state index contributed by atoms with van der Waals surface area (Å²) in [5, 5.41) is 0. The average Bonchev–Trinajstić information content (AvgIpc) is 3.18. The minimum Gasteiger partial charge on any atom is -0.300 e. The van der Waals surface area contributed by atoms with Crippen LogP contribution in [0.3, 0.4) is 0 Å². The van der Waals surface area contributed by atoms with Crippen LogP contribution in [0.2, 0.25) is 0 Å². The van der Waals surface area contributed by atoms with Crippen molar-refractivity contribution in [3.8, 4) is 0 Å². The number of likely N-dealkylation sites (tertiary alicyclic amines) is 1. The van der Waals surface area contributed by atoms with Gasteiger partial charge in [0, 0.05) is 51.9 Å². The summed E-state index contributed by atoms with van der Waals surface area (Å²) in [5.74, 6) is 0. The Hall–Kier alpha value is -1.68. The first-order valence-electron chi connectivity index (χ1n) is 10.2. The highest BCUT2D eigenvalue weighted by atomic mass is 15.3. The highest BCUT2D eigenvalue weighted by molar-refractivity contribution is 5.20. The lowest BCUT2D eigenvalue weighted by atomic mass is 10.0. The number of benzene rings is 2. The standard InChI is InChI=1S/C23H31N3/c1-3-8-21(9-4-1)20-25-16-14-24(15-17-25)18-19-26-13-7-12-23(26)22-10-5-2-6-11-22/h1-6,8-11,23H,7,12-20H2. The molecule has 2 aromatic carbocycles. The van der Waals surface area contributed by atoms with E-state index in [4.69, 9.17) is 0 Å². The van der Waals surface area contributed by atoms with Gasteiger partial charge in [0.15, 0.2) is 0 Å². The van der Waals surface area contributed by atoms with Crippen molar-refractivity contribution in [2.24, 2.45) is 0 Å². The quantitative estimate of drug-likeness (QED) is 0.788. The maximum absolute atomic E-state index is 2.70. The Kier molecular flexibility index (Phi) is 6.00. The SMILES string of the molecule is c1ccc(CN2CCN(CCN3CCCC3c3ccccc3)CC2)cc1. The van der Waals surface area contributed by atoms with Crippen LogP contribution >= 0.6 is 0 Å². The van der Waals surface area contributed by atoms with Gasteiger partial charge in [-0.2, -0.15) is 0 Å². The van der Waals surface area contributed by atoms with Crippen LogP contribution in [-0.4, -0.2) is 60.5 Å². The van der Waals surface area contributed by atoms with E-state index in [0.29, 0.717) is 6.04 Å². The molecule has 2 aromatic rings. The third-order valence-electron chi connectivity index (χ3n) is 5.97. The topological polar surface area (TPSA) is 9.72 Å². The van der Waals surface area contributed by atoms with Gasteiger partial charge >= 0.3 is 0 Å². The molecule has 0 aliphatic carbocycles. The van der Waals surface area contributed by atoms with E-state index in [2.05, 4.69) is 75.4 Å². The molecule has 3 heteroatoms. The van der Waals surface area contributed by atoms with E-state index < -0.39 is 0 Å². The van der Waals surface area contributed by atoms with Crippen LogP contribution < -0.4 is 0 Å². The van der Waals surface area contributed by atoms with Crippen LogP contribution in [0.15, 0.2) is 60.7 Å². The lowest BCUT2D eigenvalue weighted by Crippen LogP contribution is -2.48.